The maximum atomic E-state index is 6.37. The van der Waals surface area contributed by atoms with Crippen molar-refractivity contribution < 1.29 is 0 Å². The van der Waals surface area contributed by atoms with Crippen molar-refractivity contribution in [1.29, 1.82) is 0 Å². The normalized spacial score (nSPS) is 16.2. The van der Waals surface area contributed by atoms with Gasteiger partial charge in [0.25, 0.3) is 0 Å². The van der Waals surface area contributed by atoms with Crippen molar-refractivity contribution in [3.8, 4) is 0 Å². The Balaban J connectivity index is 1.76. The minimum Gasteiger partial charge on any atom is -0.384 e. The number of nitrogen functional groups attached to an aromatic ring is 1. The van der Waals surface area contributed by atoms with Crippen molar-refractivity contribution in [2.75, 3.05) is 5.73 Å². The van der Waals surface area contributed by atoms with Gasteiger partial charge >= 0.3 is 0 Å². The molecule has 1 saturated carbocycles. The Bertz CT molecular complexity index is 580. The molecular formula is C18H25N3. The highest BCUT2D eigenvalue weighted by molar-refractivity contribution is 5.39. The van der Waals surface area contributed by atoms with Crippen LogP contribution >= 0.6 is 0 Å². The van der Waals surface area contributed by atoms with Crippen LogP contribution in [0.15, 0.2) is 30.3 Å². The monoisotopic (exact) mass is 283 g/mol. The fraction of sp³-hybridized carbons (Fsp3) is 0.500. The molecule has 0 amide bonds. The lowest BCUT2D eigenvalue weighted by Crippen LogP contribution is -2.11. The summed E-state index contributed by atoms with van der Waals surface area (Å²) in [5.41, 5.74) is 8.75. The quantitative estimate of drug-likeness (QED) is 0.923. The van der Waals surface area contributed by atoms with E-state index in [0.29, 0.717) is 0 Å². The van der Waals surface area contributed by atoms with Crippen molar-refractivity contribution >= 4 is 5.82 Å². The molecule has 0 aliphatic heterocycles. The first kappa shape index (κ1) is 14.2. The van der Waals surface area contributed by atoms with Crippen molar-refractivity contribution in [3.63, 3.8) is 0 Å². The lowest BCUT2D eigenvalue weighted by Gasteiger charge is -2.20. The molecule has 1 aliphatic carbocycles. The van der Waals surface area contributed by atoms with Gasteiger partial charge in [0, 0.05) is 0 Å². The maximum Gasteiger partial charge on any atom is 0.127 e. The van der Waals surface area contributed by atoms with Crippen LogP contribution in [0.1, 0.15) is 49.2 Å². The number of rotatable bonds is 4. The Hall–Kier alpha value is -1.77. The number of nitrogens with zero attached hydrogens (tertiary/aromatic N) is 2. The molecular weight excluding hydrogens is 258 g/mol. The summed E-state index contributed by atoms with van der Waals surface area (Å²) in [6.07, 6.45) is 7.86. The van der Waals surface area contributed by atoms with Crippen LogP contribution in [0.2, 0.25) is 0 Å². The first-order valence-electron chi connectivity index (χ1n) is 8.09. The molecule has 1 aromatic heterocycles. The van der Waals surface area contributed by atoms with Crippen molar-refractivity contribution in [2.45, 2.75) is 52.0 Å². The van der Waals surface area contributed by atoms with Crippen molar-refractivity contribution in [2.24, 2.45) is 5.92 Å². The maximum absolute atomic E-state index is 6.37. The molecule has 21 heavy (non-hydrogen) atoms. The predicted octanol–water partition coefficient (Wildman–Crippen LogP) is 3.94. The number of anilines is 1. The summed E-state index contributed by atoms with van der Waals surface area (Å²) < 4.78 is 2.15. The van der Waals surface area contributed by atoms with Crippen molar-refractivity contribution in [1.82, 2.24) is 9.55 Å². The van der Waals surface area contributed by atoms with Gasteiger partial charge < -0.3 is 10.3 Å². The molecule has 0 bridgehead atoms. The van der Waals surface area contributed by atoms with Crippen LogP contribution in [-0.2, 0) is 13.0 Å². The average molecular weight is 283 g/mol. The minimum absolute atomic E-state index is 0.778. The standard InChI is InChI=1S/C18H25N3/c1-14-20-17(12-15-8-4-2-5-9-15)18(19)21(14)13-16-10-6-3-7-11-16/h3,6-7,10-11,15H,2,4-5,8-9,12-13,19H2,1H3. The van der Waals surface area contributed by atoms with Gasteiger partial charge in [-0.3, -0.25) is 0 Å². The van der Waals surface area contributed by atoms with Crippen LogP contribution in [0.4, 0.5) is 5.82 Å². The van der Waals surface area contributed by atoms with Crippen LogP contribution < -0.4 is 5.73 Å². The predicted molar refractivity (Wildman–Crippen MR) is 87.2 cm³/mol. The third-order valence-corrected chi connectivity index (χ3v) is 4.66. The van der Waals surface area contributed by atoms with Gasteiger partial charge in [-0.15, -0.1) is 0 Å². The Morgan fingerprint density at radius 2 is 1.86 bits per heavy atom. The SMILES string of the molecule is Cc1nc(CC2CCCCC2)c(N)n1Cc1ccccc1. The Labute approximate surface area is 127 Å². The van der Waals surface area contributed by atoms with Gasteiger partial charge in [-0.25, -0.2) is 4.98 Å². The smallest absolute Gasteiger partial charge is 0.127 e. The highest BCUT2D eigenvalue weighted by Gasteiger charge is 2.19. The van der Waals surface area contributed by atoms with Crippen LogP contribution in [0, 0.1) is 12.8 Å². The number of hydrogen-bond acceptors (Lipinski definition) is 2. The zero-order valence-corrected chi connectivity index (χ0v) is 12.9. The summed E-state index contributed by atoms with van der Waals surface area (Å²) in [4.78, 5) is 4.74. The van der Waals surface area contributed by atoms with Crippen LogP contribution in [0.25, 0.3) is 0 Å². The molecule has 3 rings (SSSR count). The van der Waals surface area contributed by atoms with Gasteiger partial charge in [0.2, 0.25) is 0 Å². The molecule has 0 spiro atoms. The zero-order valence-electron chi connectivity index (χ0n) is 12.9. The molecule has 112 valence electrons. The second kappa shape index (κ2) is 6.33. The van der Waals surface area contributed by atoms with E-state index >= 15 is 0 Å². The third-order valence-electron chi connectivity index (χ3n) is 4.66. The van der Waals surface area contributed by atoms with E-state index in [-0.39, 0.29) is 0 Å². The van der Waals surface area contributed by atoms with E-state index in [1.54, 1.807) is 0 Å². The topological polar surface area (TPSA) is 43.8 Å². The summed E-state index contributed by atoms with van der Waals surface area (Å²) in [7, 11) is 0. The molecule has 1 aromatic carbocycles. The molecule has 1 heterocycles. The molecule has 0 saturated heterocycles. The Morgan fingerprint density at radius 1 is 1.14 bits per heavy atom. The molecule has 1 fully saturated rings. The lowest BCUT2D eigenvalue weighted by atomic mass is 9.86. The van der Waals surface area contributed by atoms with Gasteiger partial charge in [0.05, 0.1) is 12.2 Å². The zero-order chi connectivity index (χ0) is 14.7. The van der Waals surface area contributed by atoms with E-state index < -0.39 is 0 Å². The van der Waals surface area contributed by atoms with E-state index in [2.05, 4.69) is 35.8 Å². The first-order valence-corrected chi connectivity index (χ1v) is 8.09. The molecule has 1 aliphatic rings. The van der Waals surface area contributed by atoms with Gasteiger partial charge in [-0.2, -0.15) is 0 Å². The molecule has 2 N–H and O–H groups in total. The Morgan fingerprint density at radius 3 is 2.57 bits per heavy atom. The number of aromatic nitrogens is 2. The lowest BCUT2D eigenvalue weighted by molar-refractivity contribution is 0.355. The van der Waals surface area contributed by atoms with Gasteiger partial charge in [0.1, 0.15) is 11.6 Å². The van der Waals surface area contributed by atoms with Crippen LogP contribution in [0.5, 0.6) is 0 Å². The minimum atomic E-state index is 0.778. The largest absolute Gasteiger partial charge is 0.384 e. The molecule has 2 aromatic rings. The van der Waals surface area contributed by atoms with Gasteiger partial charge in [0.15, 0.2) is 0 Å². The fourth-order valence-electron chi connectivity index (χ4n) is 3.42. The fourth-order valence-corrected chi connectivity index (χ4v) is 3.42. The summed E-state index contributed by atoms with van der Waals surface area (Å²) in [5.74, 6) is 2.67. The highest BCUT2D eigenvalue weighted by atomic mass is 15.1. The number of benzene rings is 1. The second-order valence-corrected chi connectivity index (χ2v) is 6.27. The second-order valence-electron chi connectivity index (χ2n) is 6.27. The number of imidazole rings is 1. The van der Waals surface area contributed by atoms with E-state index in [4.69, 9.17) is 10.7 Å². The van der Waals surface area contributed by atoms with E-state index in [1.807, 2.05) is 6.07 Å². The third kappa shape index (κ3) is 3.29. The molecule has 3 nitrogen and oxygen atoms in total. The summed E-state index contributed by atoms with van der Waals surface area (Å²) in [5, 5.41) is 0. The van der Waals surface area contributed by atoms with Crippen LogP contribution in [-0.4, -0.2) is 9.55 Å². The number of aryl methyl sites for hydroxylation is 1. The van der Waals surface area contributed by atoms with Crippen molar-refractivity contribution in [3.05, 3.63) is 47.4 Å². The number of nitrogens with two attached hydrogens (primary N) is 1. The first-order chi connectivity index (χ1) is 10.2. The average Bonchev–Trinajstić information content (AvgIpc) is 2.77. The summed E-state index contributed by atoms with van der Waals surface area (Å²) >= 11 is 0. The summed E-state index contributed by atoms with van der Waals surface area (Å²) in [6, 6.07) is 10.5. The number of hydrogen-bond donors (Lipinski definition) is 1. The molecule has 0 radical (unpaired) electrons. The molecule has 0 unspecified atom stereocenters. The summed E-state index contributed by atoms with van der Waals surface area (Å²) in [6.45, 7) is 2.87. The molecule has 3 heteroatoms. The van der Waals surface area contributed by atoms with Gasteiger partial charge in [-0.1, -0.05) is 62.4 Å². The van der Waals surface area contributed by atoms with E-state index in [0.717, 1.165) is 36.2 Å². The van der Waals surface area contributed by atoms with Crippen LogP contribution in [0.3, 0.4) is 0 Å². The highest BCUT2D eigenvalue weighted by Crippen LogP contribution is 2.28. The van der Waals surface area contributed by atoms with Gasteiger partial charge in [-0.05, 0) is 24.8 Å². The molecule has 0 atom stereocenters. The van der Waals surface area contributed by atoms with E-state index in [1.165, 1.54) is 37.7 Å². The van der Waals surface area contributed by atoms with E-state index in [9.17, 15) is 0 Å². The Kier molecular flexibility index (Phi) is 4.28.